The van der Waals surface area contributed by atoms with Gasteiger partial charge in [0.15, 0.2) is 0 Å². The average molecular weight is 354 g/mol. The van der Waals surface area contributed by atoms with E-state index < -0.39 is 5.97 Å². The van der Waals surface area contributed by atoms with Crippen molar-refractivity contribution in [2.24, 2.45) is 5.92 Å². The predicted octanol–water partition coefficient (Wildman–Crippen LogP) is 5.86. The van der Waals surface area contributed by atoms with Gasteiger partial charge in [-0.05, 0) is 12.8 Å². The molecular weight excluding hydrogens is 314 g/mol. The molecule has 0 aromatic carbocycles. The van der Waals surface area contributed by atoms with Crippen LogP contribution in [0.15, 0.2) is 12.7 Å². The van der Waals surface area contributed by atoms with Gasteiger partial charge in [-0.15, -0.1) is 0 Å². The Labute approximate surface area is 154 Å². The lowest BCUT2D eigenvalue weighted by atomic mass is 9.97. The smallest absolute Gasteiger partial charge is 0.336 e. The fourth-order valence-corrected chi connectivity index (χ4v) is 2.98. The van der Waals surface area contributed by atoms with Crippen LogP contribution in [0.2, 0.25) is 0 Å². The van der Waals surface area contributed by atoms with Crippen LogP contribution in [0.1, 0.15) is 104 Å². The van der Waals surface area contributed by atoms with E-state index in [1.165, 1.54) is 70.6 Å². The molecule has 0 bridgehead atoms. The number of unbranched alkanes of at least 4 members (excludes halogenated alkanes) is 11. The Bertz CT molecular complexity index is 355. The predicted molar refractivity (Wildman–Crippen MR) is 104 cm³/mol. The molecule has 0 heterocycles. The molecule has 0 aromatic rings. The fraction of sp³-hybridized carbons (Fsp3) is 0.810. The number of amides is 1. The summed E-state index contributed by atoms with van der Waals surface area (Å²) in [4.78, 5) is 27.4. The second-order valence-corrected chi connectivity index (χ2v) is 6.87. The van der Waals surface area contributed by atoms with E-state index in [4.69, 9.17) is 0 Å². The summed E-state index contributed by atoms with van der Waals surface area (Å²) < 4.78 is 0. The van der Waals surface area contributed by atoms with E-state index in [0.717, 1.165) is 25.3 Å². The molecule has 0 radical (unpaired) electrons. The lowest BCUT2D eigenvalue weighted by Gasteiger charge is -2.13. The molecule has 0 aliphatic rings. The number of carbonyl (C=O) groups excluding carboxylic acids is 2. The molecule has 0 aliphatic carbocycles. The maximum atomic E-state index is 11.9. The summed E-state index contributed by atoms with van der Waals surface area (Å²) in [6.07, 6.45) is 18.4. The van der Waals surface area contributed by atoms with Crippen molar-refractivity contribution in [3.05, 3.63) is 12.7 Å². The molecule has 4 nitrogen and oxygen atoms in total. The minimum Gasteiger partial charge on any atom is -0.336 e. The maximum Gasteiger partial charge on any atom is 0.355 e. The van der Waals surface area contributed by atoms with Crippen molar-refractivity contribution in [3.63, 3.8) is 0 Å². The van der Waals surface area contributed by atoms with Crippen LogP contribution in [-0.4, -0.2) is 11.9 Å². The zero-order valence-electron chi connectivity index (χ0n) is 16.5. The van der Waals surface area contributed by atoms with Crippen molar-refractivity contribution in [2.45, 2.75) is 104 Å². The van der Waals surface area contributed by atoms with Crippen molar-refractivity contribution < 1.29 is 14.4 Å². The van der Waals surface area contributed by atoms with Gasteiger partial charge in [0, 0.05) is 12.0 Å². The van der Waals surface area contributed by atoms with E-state index >= 15 is 0 Å². The van der Waals surface area contributed by atoms with Crippen LogP contribution in [0, 0.1) is 5.92 Å². The molecule has 25 heavy (non-hydrogen) atoms. The van der Waals surface area contributed by atoms with Gasteiger partial charge in [-0.25, -0.2) is 4.79 Å². The molecule has 0 aromatic heterocycles. The van der Waals surface area contributed by atoms with E-state index in [1.807, 2.05) is 6.92 Å². The molecule has 1 atom stereocenters. The third-order valence-corrected chi connectivity index (χ3v) is 4.69. The van der Waals surface area contributed by atoms with E-state index in [9.17, 15) is 9.59 Å². The zero-order chi connectivity index (χ0) is 18.8. The third kappa shape index (κ3) is 14.7. The van der Waals surface area contributed by atoms with Crippen molar-refractivity contribution in [2.75, 3.05) is 0 Å². The summed E-state index contributed by atoms with van der Waals surface area (Å²) in [6, 6.07) is 0. The largest absolute Gasteiger partial charge is 0.355 e. The van der Waals surface area contributed by atoms with E-state index in [2.05, 4.69) is 23.8 Å². The van der Waals surface area contributed by atoms with Crippen LogP contribution >= 0.6 is 0 Å². The summed E-state index contributed by atoms with van der Waals surface area (Å²) in [7, 11) is 0. The average Bonchev–Trinajstić information content (AvgIpc) is 2.63. The highest BCUT2D eigenvalue weighted by Crippen LogP contribution is 2.16. The van der Waals surface area contributed by atoms with Gasteiger partial charge in [0.1, 0.15) is 0 Å². The SMILES string of the molecule is C=CC(=O)ONC(=O)C(CC)CCCCCCCCCCCCCC. The molecule has 0 rings (SSSR count). The number of carbonyl (C=O) groups is 2. The zero-order valence-corrected chi connectivity index (χ0v) is 16.5. The van der Waals surface area contributed by atoms with Crippen molar-refractivity contribution in [3.8, 4) is 0 Å². The summed E-state index contributed by atoms with van der Waals surface area (Å²) >= 11 is 0. The van der Waals surface area contributed by atoms with Crippen molar-refractivity contribution in [1.82, 2.24) is 5.48 Å². The van der Waals surface area contributed by atoms with Gasteiger partial charge >= 0.3 is 5.97 Å². The minimum absolute atomic E-state index is 0.0827. The first-order valence-corrected chi connectivity index (χ1v) is 10.3. The van der Waals surface area contributed by atoms with E-state index in [-0.39, 0.29) is 11.8 Å². The van der Waals surface area contributed by atoms with E-state index in [0.29, 0.717) is 0 Å². The highest BCUT2D eigenvalue weighted by atomic mass is 16.7. The molecular formula is C21H39NO3. The molecule has 1 amide bonds. The number of nitrogens with one attached hydrogen (secondary N) is 1. The van der Waals surface area contributed by atoms with Gasteiger partial charge in [0.05, 0.1) is 0 Å². The van der Waals surface area contributed by atoms with Gasteiger partial charge in [-0.2, -0.15) is 5.48 Å². The Morgan fingerprint density at radius 3 is 1.80 bits per heavy atom. The quantitative estimate of drug-likeness (QED) is 0.215. The van der Waals surface area contributed by atoms with Crippen molar-refractivity contribution in [1.29, 1.82) is 0 Å². The van der Waals surface area contributed by atoms with Crippen LogP contribution in [0.3, 0.4) is 0 Å². The summed E-state index contributed by atoms with van der Waals surface area (Å²) in [6.45, 7) is 7.53. The number of hydroxylamine groups is 1. The Morgan fingerprint density at radius 2 is 1.36 bits per heavy atom. The van der Waals surface area contributed by atoms with Gasteiger partial charge in [0.2, 0.25) is 0 Å². The first-order valence-electron chi connectivity index (χ1n) is 10.3. The lowest BCUT2D eigenvalue weighted by molar-refractivity contribution is -0.155. The first-order chi connectivity index (χ1) is 12.2. The third-order valence-electron chi connectivity index (χ3n) is 4.69. The van der Waals surface area contributed by atoms with Crippen LogP contribution < -0.4 is 5.48 Å². The molecule has 1 unspecified atom stereocenters. The molecule has 1 N–H and O–H groups in total. The summed E-state index contributed by atoms with van der Waals surface area (Å²) in [5, 5.41) is 0. The fourth-order valence-electron chi connectivity index (χ4n) is 2.98. The molecule has 0 aliphatic heterocycles. The minimum atomic E-state index is -0.631. The van der Waals surface area contributed by atoms with Crippen molar-refractivity contribution >= 4 is 11.9 Å². The Morgan fingerprint density at radius 1 is 0.880 bits per heavy atom. The topological polar surface area (TPSA) is 55.4 Å². The van der Waals surface area contributed by atoms with Gasteiger partial charge in [-0.1, -0.05) is 97.5 Å². The van der Waals surface area contributed by atoms with Gasteiger partial charge < -0.3 is 4.84 Å². The second kappa shape index (κ2) is 17.5. The summed E-state index contributed by atoms with van der Waals surface area (Å²) in [5.74, 6) is -0.921. The van der Waals surface area contributed by atoms with E-state index in [1.54, 1.807) is 0 Å². The number of rotatable bonds is 16. The van der Waals surface area contributed by atoms with Gasteiger partial charge in [-0.3, -0.25) is 4.79 Å². The first kappa shape index (κ1) is 23.7. The van der Waals surface area contributed by atoms with Crippen LogP contribution in [0.25, 0.3) is 0 Å². The Balaban J connectivity index is 3.50. The molecule has 146 valence electrons. The number of hydrogen-bond donors (Lipinski definition) is 1. The second-order valence-electron chi connectivity index (χ2n) is 6.87. The molecule has 0 saturated heterocycles. The maximum absolute atomic E-state index is 11.9. The molecule has 4 heteroatoms. The molecule has 0 fully saturated rings. The molecule has 0 saturated carbocycles. The van der Waals surface area contributed by atoms with Crippen LogP contribution in [-0.2, 0) is 14.4 Å². The molecule has 0 spiro atoms. The van der Waals surface area contributed by atoms with Crippen LogP contribution in [0.5, 0.6) is 0 Å². The highest BCUT2D eigenvalue weighted by Gasteiger charge is 2.16. The lowest BCUT2D eigenvalue weighted by Crippen LogP contribution is -2.32. The van der Waals surface area contributed by atoms with Crippen LogP contribution in [0.4, 0.5) is 0 Å². The Hall–Kier alpha value is -1.32. The number of hydrogen-bond acceptors (Lipinski definition) is 3. The standard InChI is InChI=1S/C21H39NO3/c1-4-7-8-9-10-11-12-13-14-15-16-17-18-19(5-2)21(24)22-25-20(23)6-3/h6,19H,3-5,7-18H2,1-2H3,(H,22,24). The van der Waals surface area contributed by atoms with Gasteiger partial charge in [0.25, 0.3) is 5.91 Å². The monoisotopic (exact) mass is 353 g/mol. The normalized spacial score (nSPS) is 11.8. The summed E-state index contributed by atoms with van der Waals surface area (Å²) in [5.41, 5.74) is 2.22. The highest BCUT2D eigenvalue weighted by molar-refractivity contribution is 5.84. The Kier molecular flexibility index (Phi) is 16.6.